The summed E-state index contributed by atoms with van der Waals surface area (Å²) in [6.07, 6.45) is -8.99. The van der Waals surface area contributed by atoms with Crippen molar-refractivity contribution in [3.05, 3.63) is 106 Å². The van der Waals surface area contributed by atoms with E-state index in [1.165, 1.54) is 19.3 Å². The van der Waals surface area contributed by atoms with Gasteiger partial charge in [-0.3, -0.25) is 69.2 Å². The molecule has 1 aliphatic carbocycles. The molecule has 61 heavy (non-hydrogen) atoms. The third-order valence-corrected chi connectivity index (χ3v) is 8.16. The molecule has 1 aromatic rings. The number of methoxy groups -OCH3 is 2. The van der Waals surface area contributed by atoms with Crippen LogP contribution in [0.3, 0.4) is 0 Å². The molecule has 6 atom stereocenters. The molecule has 332 valence electrons. The molecule has 0 spiro atoms. The highest BCUT2D eigenvalue weighted by atomic mass is 16.7. The van der Waals surface area contributed by atoms with Gasteiger partial charge in [0.1, 0.15) is 44.1 Å². The molecule has 1 N–H and O–H groups in total. The molecule has 1 fully saturated rings. The number of carbonyl (C=O) groups excluding carboxylic acids is 6. The molecule has 0 aromatic heterocycles. The van der Waals surface area contributed by atoms with Crippen molar-refractivity contribution in [2.24, 2.45) is 0 Å². The minimum absolute atomic E-state index is 0.0568. The minimum atomic E-state index is -2.22. The number of benzene rings is 1. The van der Waals surface area contributed by atoms with Gasteiger partial charge >= 0.3 is 23.9 Å². The van der Waals surface area contributed by atoms with E-state index in [1.807, 2.05) is 12.1 Å². The first kappa shape index (κ1) is 49.9. The van der Waals surface area contributed by atoms with Crippen molar-refractivity contribution in [1.82, 2.24) is 0 Å². The summed E-state index contributed by atoms with van der Waals surface area (Å²) in [6.45, 7) is -0.692. The fourth-order valence-electron chi connectivity index (χ4n) is 5.25. The number of hydrogen-bond acceptors (Lipinski definition) is 22. The van der Waals surface area contributed by atoms with Crippen LogP contribution in [0.1, 0.15) is 37.2 Å². The highest BCUT2D eigenvalue weighted by molar-refractivity contribution is 6.19. The molecule has 2 aliphatic rings. The lowest BCUT2D eigenvalue weighted by atomic mass is 9.85. The second-order valence-corrected chi connectivity index (χ2v) is 12.4. The largest absolute Gasteiger partial charge is 0.497 e. The Morgan fingerprint density at radius 1 is 0.705 bits per heavy atom. The molecule has 0 bridgehead atoms. The smallest absolute Gasteiger partial charge is 0.313 e. The van der Waals surface area contributed by atoms with E-state index < -0.39 is 133 Å². The number of nitro groups is 4. The Balaban J connectivity index is 0.000000507. The highest BCUT2D eigenvalue weighted by Gasteiger charge is 2.52. The predicted octanol–water partition coefficient (Wildman–Crippen LogP) is 0.223. The minimum Gasteiger partial charge on any atom is -0.497 e. The zero-order chi connectivity index (χ0) is 45.8. The lowest BCUT2D eigenvalue weighted by Crippen LogP contribution is -2.62. The molecule has 1 saturated heterocycles. The second kappa shape index (κ2) is 24.6. The van der Waals surface area contributed by atoms with E-state index in [0.29, 0.717) is 5.57 Å². The van der Waals surface area contributed by atoms with Gasteiger partial charge in [0.2, 0.25) is 32.0 Å². The van der Waals surface area contributed by atoms with Gasteiger partial charge in [0.15, 0.2) is 36.1 Å². The van der Waals surface area contributed by atoms with Crippen molar-refractivity contribution in [2.45, 2.75) is 62.3 Å². The maximum Gasteiger partial charge on any atom is 0.313 e. The van der Waals surface area contributed by atoms with Crippen molar-refractivity contribution in [3.63, 3.8) is 0 Å². The van der Waals surface area contributed by atoms with Crippen LogP contribution in [0.25, 0.3) is 0 Å². The quantitative estimate of drug-likeness (QED) is 0.0407. The number of rotatable bonds is 22. The molecular formula is C35H40N4O22. The summed E-state index contributed by atoms with van der Waals surface area (Å²) in [5.41, 5.74) is 1.26. The van der Waals surface area contributed by atoms with Gasteiger partial charge in [0.05, 0.1) is 14.2 Å². The standard InChI is InChI=1S/C18H24N4O18.C17H16O4/c23-11(1-5-19(28)29)36-9-10-15(38-12(24)2-6-20(30)31)16(39-13(25)3-7-21(32)33)17(18(27)37-10)40-14(26)4-8-22(34)35;1-4-13(11-5-7-12(20-2)8-6-11)14-9-16(19)17(21-3)10-15(14)18/h10,15-18,27H,1-9H2;4-10,13H,1H2,2-3H3. The van der Waals surface area contributed by atoms with Gasteiger partial charge in [-0.05, 0) is 23.8 Å². The fourth-order valence-corrected chi connectivity index (χ4v) is 5.25. The Morgan fingerprint density at radius 2 is 1.16 bits per heavy atom. The van der Waals surface area contributed by atoms with E-state index in [2.05, 4.69) is 6.58 Å². The average Bonchev–Trinajstić information content (AvgIpc) is 3.21. The van der Waals surface area contributed by atoms with Crippen LogP contribution in [-0.4, -0.2) is 138 Å². The molecule has 6 unspecified atom stereocenters. The van der Waals surface area contributed by atoms with E-state index in [9.17, 15) is 74.3 Å². The van der Waals surface area contributed by atoms with Gasteiger partial charge in [-0.2, -0.15) is 0 Å². The van der Waals surface area contributed by atoms with Crippen LogP contribution in [0.15, 0.2) is 60.4 Å². The Bertz CT molecular complexity index is 1900. The van der Waals surface area contributed by atoms with Crippen LogP contribution in [0.5, 0.6) is 5.75 Å². The number of carbonyl (C=O) groups is 6. The third-order valence-electron chi connectivity index (χ3n) is 8.16. The molecule has 26 heteroatoms. The van der Waals surface area contributed by atoms with E-state index in [0.717, 1.165) is 11.3 Å². The van der Waals surface area contributed by atoms with Crippen LogP contribution >= 0.6 is 0 Å². The molecule has 1 aromatic carbocycles. The number of hydrogen-bond donors (Lipinski definition) is 1. The number of nitrogens with zero attached hydrogens (tertiary/aromatic N) is 4. The summed E-state index contributed by atoms with van der Waals surface area (Å²) >= 11 is 0. The molecule has 3 rings (SSSR count). The Kier molecular flexibility index (Phi) is 20.2. The number of aliphatic hydroxyl groups excluding tert-OH is 1. The lowest BCUT2D eigenvalue weighted by Gasteiger charge is -2.42. The van der Waals surface area contributed by atoms with Crippen LogP contribution < -0.4 is 4.74 Å². The van der Waals surface area contributed by atoms with Crippen LogP contribution in [0.2, 0.25) is 0 Å². The normalized spacial score (nSPS) is 19.8. The highest BCUT2D eigenvalue weighted by Crippen LogP contribution is 2.31. The monoisotopic (exact) mass is 868 g/mol. The van der Waals surface area contributed by atoms with Crippen LogP contribution in [-0.2, 0) is 57.2 Å². The van der Waals surface area contributed by atoms with E-state index >= 15 is 0 Å². The van der Waals surface area contributed by atoms with Crippen molar-refractivity contribution in [3.8, 4) is 5.75 Å². The topological polar surface area (TPSA) is 360 Å². The van der Waals surface area contributed by atoms with Gasteiger partial charge < -0.3 is 38.3 Å². The van der Waals surface area contributed by atoms with Gasteiger partial charge in [-0.1, -0.05) is 18.2 Å². The number of ketones is 2. The number of ether oxygens (including phenoxy) is 7. The molecule has 0 radical (unpaired) electrons. The number of aliphatic hydroxyl groups is 1. The van der Waals surface area contributed by atoms with Crippen molar-refractivity contribution in [1.29, 1.82) is 0 Å². The molecular weight excluding hydrogens is 828 g/mol. The SMILES string of the molecule is C=CC(C1=CC(=O)C(OC)=CC1=O)c1ccc(OC)cc1.O=C(CC[N+](=O)[O-])OCC1OC(O)C(OC(=O)CC[N+](=O)[O-])C(OC(=O)CC[N+](=O)[O-])C1OC(=O)CC[N+](=O)[O-]. The lowest BCUT2D eigenvalue weighted by molar-refractivity contribution is -0.479. The summed E-state index contributed by atoms with van der Waals surface area (Å²) in [6, 6.07) is 7.30. The first-order valence-corrected chi connectivity index (χ1v) is 17.7. The summed E-state index contributed by atoms with van der Waals surface area (Å²) < 4.78 is 35.1. The van der Waals surface area contributed by atoms with Crippen LogP contribution in [0, 0.1) is 40.5 Å². The molecule has 1 heterocycles. The van der Waals surface area contributed by atoms with Gasteiger partial charge in [-0.25, -0.2) is 0 Å². The summed E-state index contributed by atoms with van der Waals surface area (Å²) in [7, 11) is 2.95. The molecule has 0 amide bonds. The molecule has 26 nitrogen and oxygen atoms in total. The molecule has 1 aliphatic heterocycles. The zero-order valence-corrected chi connectivity index (χ0v) is 32.4. The summed E-state index contributed by atoms with van der Waals surface area (Å²) in [4.78, 5) is 111. The predicted molar refractivity (Wildman–Crippen MR) is 197 cm³/mol. The van der Waals surface area contributed by atoms with Crippen LogP contribution in [0.4, 0.5) is 0 Å². The van der Waals surface area contributed by atoms with Crippen molar-refractivity contribution >= 4 is 35.4 Å². The van der Waals surface area contributed by atoms with Gasteiger partial charge in [0.25, 0.3) is 0 Å². The average molecular weight is 869 g/mol. The maximum atomic E-state index is 12.3. The van der Waals surface area contributed by atoms with Gasteiger partial charge in [-0.15, -0.1) is 6.58 Å². The Morgan fingerprint density at radius 3 is 1.61 bits per heavy atom. The van der Waals surface area contributed by atoms with E-state index in [1.54, 1.807) is 25.3 Å². The third kappa shape index (κ3) is 16.9. The Hall–Kier alpha value is -7.22. The van der Waals surface area contributed by atoms with E-state index in [4.69, 9.17) is 33.2 Å². The van der Waals surface area contributed by atoms with E-state index in [-0.39, 0.29) is 23.2 Å². The summed E-state index contributed by atoms with van der Waals surface area (Å²) in [5.74, 6) is -5.18. The number of esters is 4. The first-order valence-electron chi connectivity index (χ1n) is 17.7. The molecule has 0 saturated carbocycles. The maximum absolute atomic E-state index is 12.3. The summed E-state index contributed by atoms with van der Waals surface area (Å²) in [5, 5.41) is 52.7. The van der Waals surface area contributed by atoms with Crippen molar-refractivity contribution < 1.29 is 86.7 Å². The fraction of sp³-hybridized carbons (Fsp3) is 0.486. The van der Waals surface area contributed by atoms with Crippen molar-refractivity contribution in [2.75, 3.05) is 47.0 Å². The second-order valence-electron chi connectivity index (χ2n) is 12.4. The first-order chi connectivity index (χ1) is 28.8. The number of allylic oxidation sites excluding steroid dienone is 4. The zero-order valence-electron chi connectivity index (χ0n) is 32.4. The van der Waals surface area contributed by atoms with Gasteiger partial charge in [0, 0.05) is 37.3 Å². The Labute approximate surface area is 343 Å².